The lowest BCUT2D eigenvalue weighted by Gasteiger charge is -2.12. The third-order valence-electron chi connectivity index (χ3n) is 3.70. The largest absolute Gasteiger partial charge is 0.322 e. The number of hydrogen-bond donors (Lipinski definition) is 2. The molecule has 0 saturated heterocycles. The van der Waals surface area contributed by atoms with Crippen molar-refractivity contribution in [2.45, 2.75) is 4.90 Å². The van der Waals surface area contributed by atoms with Crippen LogP contribution in [0.2, 0.25) is 5.02 Å². The van der Waals surface area contributed by atoms with Crippen LogP contribution in [0.4, 0.5) is 15.8 Å². The van der Waals surface area contributed by atoms with E-state index in [1.807, 2.05) is 0 Å². The van der Waals surface area contributed by atoms with Crippen molar-refractivity contribution in [3.05, 3.63) is 87.6 Å². The Morgan fingerprint density at radius 2 is 1.61 bits per heavy atom. The second-order valence-electron chi connectivity index (χ2n) is 5.72. The minimum Gasteiger partial charge on any atom is -0.322 e. The van der Waals surface area contributed by atoms with Crippen molar-refractivity contribution in [2.24, 2.45) is 0 Å². The van der Waals surface area contributed by atoms with Gasteiger partial charge in [0.1, 0.15) is 5.82 Å². The maximum atomic E-state index is 13.0. The molecule has 3 rings (SSSR count). The van der Waals surface area contributed by atoms with Gasteiger partial charge in [0.2, 0.25) is 0 Å². The summed E-state index contributed by atoms with van der Waals surface area (Å²) in [5, 5.41) is 2.83. The van der Waals surface area contributed by atoms with Gasteiger partial charge >= 0.3 is 0 Å². The molecule has 9 heteroatoms. The van der Waals surface area contributed by atoms with E-state index < -0.39 is 21.7 Å². The zero-order valence-electron chi connectivity index (χ0n) is 14.1. The molecule has 0 radical (unpaired) electrons. The third kappa shape index (κ3) is 4.89. The van der Waals surface area contributed by atoms with Crippen molar-refractivity contribution in [2.75, 3.05) is 10.0 Å². The van der Waals surface area contributed by atoms with Gasteiger partial charge in [-0.3, -0.25) is 9.52 Å². The number of carbonyl (C=O) groups is 1. The summed E-state index contributed by atoms with van der Waals surface area (Å²) in [5.74, 6) is -0.982. The molecule has 0 unspecified atom stereocenters. The van der Waals surface area contributed by atoms with Crippen molar-refractivity contribution in [1.82, 2.24) is 0 Å². The van der Waals surface area contributed by atoms with Crippen LogP contribution in [0.25, 0.3) is 0 Å². The number of anilines is 2. The summed E-state index contributed by atoms with van der Waals surface area (Å²) in [4.78, 5) is 12.3. The quantitative estimate of drug-likeness (QED) is 0.517. The fraction of sp³-hybridized carbons (Fsp3) is 0. The average Bonchev–Trinajstić information content (AvgIpc) is 2.65. The van der Waals surface area contributed by atoms with Gasteiger partial charge in [0.15, 0.2) is 0 Å². The average molecular weight is 484 g/mol. The topological polar surface area (TPSA) is 75.3 Å². The number of hydrogen-bond acceptors (Lipinski definition) is 3. The summed E-state index contributed by atoms with van der Waals surface area (Å²) < 4.78 is 41.2. The molecule has 28 heavy (non-hydrogen) atoms. The molecule has 0 fully saturated rings. The van der Waals surface area contributed by atoms with E-state index in [9.17, 15) is 17.6 Å². The molecule has 1 amide bonds. The molecule has 0 aliphatic carbocycles. The van der Waals surface area contributed by atoms with Gasteiger partial charge < -0.3 is 5.32 Å². The maximum Gasteiger partial charge on any atom is 0.261 e. The third-order valence-corrected chi connectivity index (χ3v) is 5.94. The molecular weight excluding hydrogens is 471 g/mol. The summed E-state index contributed by atoms with van der Waals surface area (Å²) in [6, 6.07) is 15.6. The number of amides is 1. The molecule has 0 bridgehead atoms. The molecule has 3 aromatic rings. The van der Waals surface area contributed by atoms with Crippen LogP contribution in [0.3, 0.4) is 0 Å². The number of sulfonamides is 1. The highest BCUT2D eigenvalue weighted by Gasteiger charge is 2.17. The van der Waals surface area contributed by atoms with E-state index in [1.54, 1.807) is 24.3 Å². The van der Waals surface area contributed by atoms with Crippen molar-refractivity contribution >= 4 is 54.8 Å². The molecule has 0 aliphatic heterocycles. The van der Waals surface area contributed by atoms with Crippen molar-refractivity contribution in [3.63, 3.8) is 0 Å². The van der Waals surface area contributed by atoms with Crippen LogP contribution < -0.4 is 10.0 Å². The lowest BCUT2D eigenvalue weighted by molar-refractivity contribution is 0.102. The van der Waals surface area contributed by atoms with E-state index in [0.717, 1.165) is 28.7 Å². The van der Waals surface area contributed by atoms with Gasteiger partial charge in [-0.15, -0.1) is 0 Å². The van der Waals surface area contributed by atoms with Gasteiger partial charge in [-0.25, -0.2) is 12.8 Å². The first-order chi connectivity index (χ1) is 13.2. The lowest BCUT2D eigenvalue weighted by Crippen LogP contribution is -2.15. The molecular formula is C19H13BrClFN2O3S. The number of nitrogens with one attached hydrogen (secondary N) is 2. The molecule has 0 atom stereocenters. The van der Waals surface area contributed by atoms with Gasteiger partial charge in [-0.1, -0.05) is 27.5 Å². The monoisotopic (exact) mass is 482 g/mol. The predicted molar refractivity (Wildman–Crippen MR) is 111 cm³/mol. The van der Waals surface area contributed by atoms with Gasteiger partial charge in [-0.2, -0.15) is 0 Å². The Hall–Kier alpha value is -2.42. The van der Waals surface area contributed by atoms with Crippen LogP contribution in [0, 0.1) is 5.82 Å². The molecule has 5 nitrogen and oxygen atoms in total. The van der Waals surface area contributed by atoms with Gasteiger partial charge in [-0.05, 0) is 66.7 Å². The minimum absolute atomic E-state index is 0.0365. The van der Waals surface area contributed by atoms with E-state index in [0.29, 0.717) is 5.69 Å². The van der Waals surface area contributed by atoms with Gasteiger partial charge in [0.25, 0.3) is 15.9 Å². The summed E-state index contributed by atoms with van der Waals surface area (Å²) in [6.07, 6.45) is 0. The zero-order chi connectivity index (χ0) is 20.3. The van der Waals surface area contributed by atoms with E-state index >= 15 is 0 Å². The second kappa shape index (κ2) is 8.30. The highest BCUT2D eigenvalue weighted by Crippen LogP contribution is 2.26. The number of benzene rings is 3. The Labute approximate surface area is 174 Å². The van der Waals surface area contributed by atoms with Crippen LogP contribution in [-0.2, 0) is 10.0 Å². The normalized spacial score (nSPS) is 11.1. The molecule has 0 saturated carbocycles. The summed E-state index contributed by atoms with van der Waals surface area (Å²) in [5.41, 5.74) is 0.829. The van der Waals surface area contributed by atoms with E-state index in [1.165, 1.54) is 18.2 Å². The smallest absolute Gasteiger partial charge is 0.261 e. The summed E-state index contributed by atoms with van der Waals surface area (Å²) >= 11 is 9.39. The fourth-order valence-corrected chi connectivity index (χ4v) is 3.85. The van der Waals surface area contributed by atoms with Crippen molar-refractivity contribution in [3.8, 4) is 0 Å². The Bertz CT molecular complexity index is 1120. The van der Waals surface area contributed by atoms with Crippen molar-refractivity contribution in [1.29, 1.82) is 0 Å². The molecule has 0 aliphatic rings. The first kappa shape index (κ1) is 20.3. The molecule has 0 aromatic heterocycles. The van der Waals surface area contributed by atoms with Crippen LogP contribution in [0.15, 0.2) is 76.1 Å². The zero-order valence-corrected chi connectivity index (χ0v) is 17.3. The Morgan fingerprint density at radius 3 is 2.25 bits per heavy atom. The van der Waals surface area contributed by atoms with Gasteiger partial charge in [0.05, 0.1) is 15.6 Å². The Balaban J connectivity index is 1.83. The van der Waals surface area contributed by atoms with E-state index in [-0.39, 0.29) is 21.2 Å². The minimum atomic E-state index is -4.00. The first-order valence-corrected chi connectivity index (χ1v) is 10.5. The molecule has 3 aromatic carbocycles. The van der Waals surface area contributed by atoms with Crippen LogP contribution >= 0.6 is 27.5 Å². The number of carbonyl (C=O) groups excluding carboxylic acids is 1. The summed E-state index contributed by atoms with van der Waals surface area (Å²) in [7, 11) is -4.00. The molecule has 144 valence electrons. The van der Waals surface area contributed by atoms with Crippen LogP contribution in [0.5, 0.6) is 0 Å². The fourth-order valence-electron chi connectivity index (χ4n) is 2.30. The maximum absolute atomic E-state index is 13.0. The Morgan fingerprint density at radius 1 is 0.964 bits per heavy atom. The SMILES string of the molecule is O=C(Nc1ccc(Br)cc1)c1ccc(Cl)c(NS(=O)(=O)c2ccc(F)cc2)c1. The second-order valence-corrected chi connectivity index (χ2v) is 8.72. The molecule has 0 spiro atoms. The van der Waals surface area contributed by atoms with E-state index in [4.69, 9.17) is 11.6 Å². The van der Waals surface area contributed by atoms with Crippen molar-refractivity contribution < 1.29 is 17.6 Å². The standard InChI is InChI=1S/C19H13BrClFN2O3S/c20-13-2-6-15(7-3-13)23-19(25)12-1-10-17(21)18(11-12)24-28(26,27)16-8-4-14(22)5-9-16/h1-11,24H,(H,23,25). The molecule has 0 heterocycles. The highest BCUT2D eigenvalue weighted by molar-refractivity contribution is 9.10. The molecule has 2 N–H and O–H groups in total. The van der Waals surface area contributed by atoms with E-state index in [2.05, 4.69) is 26.0 Å². The Kier molecular flexibility index (Phi) is 6.02. The van der Waals surface area contributed by atoms with Crippen LogP contribution in [-0.4, -0.2) is 14.3 Å². The predicted octanol–water partition coefficient (Wildman–Crippen LogP) is 5.29. The van der Waals surface area contributed by atoms with Gasteiger partial charge in [0, 0.05) is 15.7 Å². The lowest BCUT2D eigenvalue weighted by atomic mass is 10.2. The first-order valence-electron chi connectivity index (χ1n) is 7.89. The van der Waals surface area contributed by atoms with Crippen LogP contribution in [0.1, 0.15) is 10.4 Å². The number of rotatable bonds is 5. The highest BCUT2D eigenvalue weighted by atomic mass is 79.9. The summed E-state index contributed by atoms with van der Waals surface area (Å²) in [6.45, 7) is 0. The number of halogens is 3.